The van der Waals surface area contributed by atoms with Crippen molar-refractivity contribution in [3.8, 4) is 0 Å². The first-order chi connectivity index (χ1) is 8.97. The van der Waals surface area contributed by atoms with E-state index in [2.05, 4.69) is 15.4 Å². The molecule has 0 bridgehead atoms. The number of sulfonamides is 1. The fourth-order valence-corrected chi connectivity index (χ4v) is 3.60. The predicted molar refractivity (Wildman–Crippen MR) is 82.9 cm³/mol. The van der Waals surface area contributed by atoms with Gasteiger partial charge in [0.2, 0.25) is 5.91 Å². The molecule has 1 unspecified atom stereocenters. The van der Waals surface area contributed by atoms with E-state index in [0.717, 1.165) is 24.3 Å². The van der Waals surface area contributed by atoms with Gasteiger partial charge in [0.15, 0.2) is 0 Å². The Hall–Kier alpha value is -0.670. The van der Waals surface area contributed by atoms with Gasteiger partial charge in [0, 0.05) is 6.54 Å². The molecule has 1 amide bonds. The highest BCUT2D eigenvalue weighted by Gasteiger charge is 2.22. The molecule has 1 aromatic heterocycles. The van der Waals surface area contributed by atoms with Gasteiger partial charge in [0.1, 0.15) is 4.21 Å². The molecule has 116 valence electrons. The van der Waals surface area contributed by atoms with Crippen molar-refractivity contribution in [1.29, 1.82) is 0 Å². The van der Waals surface area contributed by atoms with Gasteiger partial charge in [0.25, 0.3) is 10.0 Å². The molecule has 3 N–H and O–H groups in total. The molecule has 20 heavy (non-hydrogen) atoms. The second kappa shape index (κ2) is 9.30. The Bertz CT molecular complexity index is 491. The fraction of sp³-hybridized carbons (Fsp3) is 0.545. The molecule has 0 aromatic carbocycles. The summed E-state index contributed by atoms with van der Waals surface area (Å²) in [5.74, 6) is -0.323. The summed E-state index contributed by atoms with van der Waals surface area (Å²) in [4.78, 5) is 11.7. The zero-order valence-electron chi connectivity index (χ0n) is 11.4. The van der Waals surface area contributed by atoms with E-state index >= 15 is 0 Å². The van der Waals surface area contributed by atoms with E-state index in [0.29, 0.717) is 6.54 Å². The fourth-order valence-electron chi connectivity index (χ4n) is 1.39. The molecule has 9 heteroatoms. The van der Waals surface area contributed by atoms with Gasteiger partial charge < -0.3 is 10.6 Å². The lowest BCUT2D eigenvalue weighted by molar-refractivity contribution is -0.122. The molecule has 0 radical (unpaired) electrons. The molecular formula is C11H20ClN3O3S2. The van der Waals surface area contributed by atoms with E-state index in [4.69, 9.17) is 0 Å². The van der Waals surface area contributed by atoms with Crippen LogP contribution in [0.3, 0.4) is 0 Å². The van der Waals surface area contributed by atoms with Crippen molar-refractivity contribution in [2.45, 2.75) is 23.6 Å². The van der Waals surface area contributed by atoms with Crippen LogP contribution in [0, 0.1) is 0 Å². The van der Waals surface area contributed by atoms with Crippen LogP contribution in [0.25, 0.3) is 0 Å². The van der Waals surface area contributed by atoms with Crippen LogP contribution in [0.4, 0.5) is 0 Å². The SMILES string of the molecule is CNCCCNC(=O)C(C)NS(=O)(=O)c1cccs1.Cl. The zero-order chi connectivity index (χ0) is 14.3. The highest BCUT2D eigenvalue weighted by atomic mass is 35.5. The Morgan fingerprint density at radius 2 is 2.10 bits per heavy atom. The van der Waals surface area contributed by atoms with E-state index in [1.807, 2.05) is 7.05 Å². The van der Waals surface area contributed by atoms with E-state index in [9.17, 15) is 13.2 Å². The Labute approximate surface area is 129 Å². The van der Waals surface area contributed by atoms with Gasteiger partial charge in [-0.2, -0.15) is 4.72 Å². The smallest absolute Gasteiger partial charge is 0.250 e. The summed E-state index contributed by atoms with van der Waals surface area (Å²) < 4.78 is 26.4. The summed E-state index contributed by atoms with van der Waals surface area (Å²) in [6.07, 6.45) is 0.798. The quantitative estimate of drug-likeness (QED) is 0.603. The molecule has 0 spiro atoms. The number of nitrogens with one attached hydrogen (secondary N) is 3. The minimum atomic E-state index is -3.60. The highest BCUT2D eigenvalue weighted by molar-refractivity contribution is 7.91. The molecule has 0 saturated heterocycles. The maximum Gasteiger partial charge on any atom is 0.250 e. The molecule has 0 saturated carbocycles. The lowest BCUT2D eigenvalue weighted by atomic mass is 10.3. The van der Waals surface area contributed by atoms with Crippen LogP contribution in [0.15, 0.2) is 21.7 Å². The first-order valence-electron chi connectivity index (χ1n) is 5.95. The van der Waals surface area contributed by atoms with Crippen LogP contribution in [-0.2, 0) is 14.8 Å². The molecule has 1 atom stereocenters. The number of amides is 1. The maximum absolute atomic E-state index is 11.9. The summed E-state index contributed by atoms with van der Waals surface area (Å²) in [6, 6.07) is 2.37. The van der Waals surface area contributed by atoms with Crippen molar-refractivity contribution in [2.75, 3.05) is 20.1 Å². The highest BCUT2D eigenvalue weighted by Crippen LogP contribution is 2.15. The average Bonchev–Trinajstić information content (AvgIpc) is 2.88. The molecule has 6 nitrogen and oxygen atoms in total. The van der Waals surface area contributed by atoms with Crippen molar-refractivity contribution < 1.29 is 13.2 Å². The molecular weight excluding hydrogens is 322 g/mol. The monoisotopic (exact) mass is 341 g/mol. The lowest BCUT2D eigenvalue weighted by Crippen LogP contribution is -2.45. The standard InChI is InChI=1S/C11H19N3O3S2.ClH/c1-9(11(15)13-7-4-6-12-2)14-19(16,17)10-5-3-8-18-10;/h3,5,8-9,12,14H,4,6-7H2,1-2H3,(H,13,15);1H. The Morgan fingerprint density at radius 3 is 2.65 bits per heavy atom. The number of carbonyl (C=O) groups excluding carboxylic acids is 1. The van der Waals surface area contributed by atoms with Crippen LogP contribution >= 0.6 is 23.7 Å². The number of hydrogen-bond acceptors (Lipinski definition) is 5. The Kier molecular flexibility index (Phi) is 8.99. The number of hydrogen-bond donors (Lipinski definition) is 3. The van der Waals surface area contributed by atoms with Gasteiger partial charge in [-0.1, -0.05) is 6.07 Å². The van der Waals surface area contributed by atoms with E-state index in [1.54, 1.807) is 11.4 Å². The minimum absolute atomic E-state index is 0. The van der Waals surface area contributed by atoms with E-state index in [-0.39, 0.29) is 22.5 Å². The second-order valence-corrected chi connectivity index (χ2v) is 6.91. The Balaban J connectivity index is 0.00000361. The molecule has 1 aromatic rings. The first kappa shape index (κ1) is 19.3. The van der Waals surface area contributed by atoms with Gasteiger partial charge in [0.05, 0.1) is 6.04 Å². The van der Waals surface area contributed by atoms with Crippen molar-refractivity contribution >= 4 is 39.7 Å². The summed E-state index contributed by atoms with van der Waals surface area (Å²) >= 11 is 1.12. The van der Waals surface area contributed by atoms with E-state index < -0.39 is 16.1 Å². The lowest BCUT2D eigenvalue weighted by Gasteiger charge is -2.13. The third-order valence-corrected chi connectivity index (χ3v) is 5.33. The van der Waals surface area contributed by atoms with Crippen LogP contribution in [0.2, 0.25) is 0 Å². The summed E-state index contributed by atoms with van der Waals surface area (Å²) in [7, 11) is -1.77. The zero-order valence-corrected chi connectivity index (χ0v) is 13.8. The number of halogens is 1. The van der Waals surface area contributed by atoms with Gasteiger partial charge in [-0.15, -0.1) is 23.7 Å². The van der Waals surface area contributed by atoms with Gasteiger partial charge in [-0.05, 0) is 38.4 Å². The van der Waals surface area contributed by atoms with Crippen molar-refractivity contribution in [1.82, 2.24) is 15.4 Å². The third kappa shape index (κ3) is 6.19. The van der Waals surface area contributed by atoms with Gasteiger partial charge in [-0.3, -0.25) is 4.79 Å². The molecule has 1 rings (SSSR count). The third-order valence-electron chi connectivity index (χ3n) is 2.39. The van der Waals surface area contributed by atoms with Crippen LogP contribution in [0.1, 0.15) is 13.3 Å². The largest absolute Gasteiger partial charge is 0.355 e. The van der Waals surface area contributed by atoms with Crippen molar-refractivity contribution in [3.05, 3.63) is 17.5 Å². The summed E-state index contributed by atoms with van der Waals surface area (Å²) in [6.45, 7) is 2.85. The second-order valence-electron chi connectivity index (χ2n) is 4.02. The maximum atomic E-state index is 11.9. The average molecular weight is 342 g/mol. The van der Waals surface area contributed by atoms with Crippen molar-refractivity contribution in [3.63, 3.8) is 0 Å². The van der Waals surface area contributed by atoms with Crippen LogP contribution < -0.4 is 15.4 Å². The Morgan fingerprint density at radius 1 is 1.40 bits per heavy atom. The number of carbonyl (C=O) groups is 1. The molecule has 1 heterocycles. The van der Waals surface area contributed by atoms with Crippen molar-refractivity contribution in [2.24, 2.45) is 0 Å². The summed E-state index contributed by atoms with van der Waals surface area (Å²) in [5.41, 5.74) is 0. The van der Waals surface area contributed by atoms with Gasteiger partial charge in [-0.25, -0.2) is 8.42 Å². The van der Waals surface area contributed by atoms with Gasteiger partial charge >= 0.3 is 0 Å². The summed E-state index contributed by atoms with van der Waals surface area (Å²) in [5, 5.41) is 7.33. The minimum Gasteiger partial charge on any atom is -0.355 e. The molecule has 0 aliphatic heterocycles. The van der Waals surface area contributed by atoms with Crippen LogP contribution in [0.5, 0.6) is 0 Å². The van der Waals surface area contributed by atoms with E-state index in [1.165, 1.54) is 13.0 Å². The molecule has 0 fully saturated rings. The number of rotatable bonds is 8. The topological polar surface area (TPSA) is 87.3 Å². The molecule has 0 aliphatic rings. The molecule has 0 aliphatic carbocycles. The predicted octanol–water partition coefficient (Wildman–Crippen LogP) is 0.562. The first-order valence-corrected chi connectivity index (χ1v) is 8.32. The normalized spacial score (nSPS) is 12.5. The van der Waals surface area contributed by atoms with Crippen LogP contribution in [-0.4, -0.2) is 40.5 Å². The number of thiophene rings is 1.